The fourth-order valence-corrected chi connectivity index (χ4v) is 5.44. The largest absolute Gasteiger partial charge is 0.464 e. The number of fused-ring (bicyclic) bond motifs is 2. The molecular formula is C31H33N3O4. The summed E-state index contributed by atoms with van der Waals surface area (Å²) in [6.07, 6.45) is 4.07. The van der Waals surface area contributed by atoms with E-state index in [0.717, 1.165) is 74.4 Å². The molecule has 1 aliphatic carbocycles. The van der Waals surface area contributed by atoms with Crippen LogP contribution < -0.4 is 10.3 Å². The normalized spacial score (nSPS) is 14.1. The number of nitrogens with one attached hydrogen (secondary N) is 1. The summed E-state index contributed by atoms with van der Waals surface area (Å²) in [5, 5.41) is 5.46. The van der Waals surface area contributed by atoms with Gasteiger partial charge < -0.3 is 13.7 Å². The van der Waals surface area contributed by atoms with Crippen LogP contribution in [0.3, 0.4) is 0 Å². The Morgan fingerprint density at radius 2 is 1.87 bits per heavy atom. The van der Waals surface area contributed by atoms with Crippen molar-refractivity contribution in [3.05, 3.63) is 87.6 Å². The first kappa shape index (κ1) is 25.5. The number of furan rings is 2. The molecule has 4 aromatic rings. The monoisotopic (exact) mass is 511 g/mol. The molecule has 0 radical (unpaired) electrons. The van der Waals surface area contributed by atoms with E-state index in [2.05, 4.69) is 16.6 Å². The van der Waals surface area contributed by atoms with Crippen molar-refractivity contribution < 1.29 is 18.4 Å². The van der Waals surface area contributed by atoms with Crippen LogP contribution in [0.2, 0.25) is 0 Å². The van der Waals surface area contributed by atoms with Crippen LogP contribution in [0.4, 0.5) is 5.69 Å². The van der Waals surface area contributed by atoms with Crippen molar-refractivity contribution in [1.82, 2.24) is 5.43 Å². The number of hydrogen-bond donors (Lipinski definition) is 1. The van der Waals surface area contributed by atoms with E-state index >= 15 is 0 Å². The minimum absolute atomic E-state index is 0.163. The number of hydrogen-bond acceptors (Lipinski definition) is 5. The predicted molar refractivity (Wildman–Crippen MR) is 149 cm³/mol. The van der Waals surface area contributed by atoms with E-state index in [-0.39, 0.29) is 18.2 Å². The molecule has 0 aliphatic heterocycles. The second-order valence-corrected chi connectivity index (χ2v) is 10.1. The Bertz CT molecular complexity index is 1570. The first-order valence-electron chi connectivity index (χ1n) is 13.1. The van der Waals surface area contributed by atoms with E-state index in [9.17, 15) is 9.59 Å². The van der Waals surface area contributed by atoms with Crippen LogP contribution in [0, 0.1) is 27.7 Å². The second-order valence-electron chi connectivity index (χ2n) is 10.1. The molecule has 5 rings (SSSR count). The Labute approximate surface area is 222 Å². The summed E-state index contributed by atoms with van der Waals surface area (Å²) in [5.41, 5.74) is 10.8. The SMILES string of the molecule is CCN(C(=O)c1oc2c(c1C)/C(=N/NC(=O)Cc1coc3cc(C)cc(C)c13)CCC2)c1cccc(C)c1. The van der Waals surface area contributed by atoms with E-state index in [4.69, 9.17) is 8.83 Å². The summed E-state index contributed by atoms with van der Waals surface area (Å²) in [5.74, 6) is 0.680. The zero-order valence-electron chi connectivity index (χ0n) is 22.6. The molecule has 1 aliphatic rings. The van der Waals surface area contributed by atoms with Crippen LogP contribution in [0.1, 0.15) is 69.5 Å². The molecule has 0 unspecified atom stereocenters. The molecule has 7 nitrogen and oxygen atoms in total. The molecule has 38 heavy (non-hydrogen) atoms. The van der Waals surface area contributed by atoms with Gasteiger partial charge in [-0.05, 0) is 82.3 Å². The van der Waals surface area contributed by atoms with Gasteiger partial charge in [-0.2, -0.15) is 5.10 Å². The van der Waals surface area contributed by atoms with Gasteiger partial charge in [-0.3, -0.25) is 9.59 Å². The summed E-state index contributed by atoms with van der Waals surface area (Å²) in [6, 6.07) is 11.9. The van der Waals surface area contributed by atoms with Gasteiger partial charge in [-0.1, -0.05) is 18.2 Å². The maximum Gasteiger partial charge on any atom is 0.294 e. The molecule has 0 fully saturated rings. The third kappa shape index (κ3) is 4.76. The third-order valence-electron chi connectivity index (χ3n) is 7.15. The first-order valence-corrected chi connectivity index (χ1v) is 13.1. The van der Waals surface area contributed by atoms with Gasteiger partial charge in [0.15, 0.2) is 5.76 Å². The second kappa shape index (κ2) is 10.3. The highest BCUT2D eigenvalue weighted by molar-refractivity contribution is 6.10. The number of hydrazone groups is 1. The Balaban J connectivity index is 1.37. The number of aryl methyl sites for hydroxylation is 4. The average Bonchev–Trinajstić information content (AvgIpc) is 3.44. The van der Waals surface area contributed by atoms with E-state index < -0.39 is 0 Å². The third-order valence-corrected chi connectivity index (χ3v) is 7.15. The molecule has 2 aromatic carbocycles. The lowest BCUT2D eigenvalue weighted by Crippen LogP contribution is -2.31. The van der Waals surface area contributed by atoms with Crippen LogP contribution in [0.5, 0.6) is 0 Å². The predicted octanol–water partition coefficient (Wildman–Crippen LogP) is 6.33. The fourth-order valence-electron chi connectivity index (χ4n) is 5.44. The van der Waals surface area contributed by atoms with Gasteiger partial charge in [0.25, 0.3) is 5.91 Å². The number of rotatable bonds is 6. The molecule has 0 bridgehead atoms. The topological polar surface area (TPSA) is 88.0 Å². The number of carbonyl (C=O) groups excluding carboxylic acids is 2. The Kier molecular flexibility index (Phi) is 6.93. The molecular weight excluding hydrogens is 478 g/mol. The highest BCUT2D eigenvalue weighted by Crippen LogP contribution is 2.32. The molecule has 2 aromatic heterocycles. The Morgan fingerprint density at radius 1 is 1.05 bits per heavy atom. The molecule has 196 valence electrons. The molecule has 2 amide bonds. The van der Waals surface area contributed by atoms with Crippen molar-refractivity contribution in [3.63, 3.8) is 0 Å². The van der Waals surface area contributed by atoms with E-state index in [1.54, 1.807) is 11.2 Å². The smallest absolute Gasteiger partial charge is 0.294 e. The average molecular weight is 512 g/mol. The van der Waals surface area contributed by atoms with E-state index in [0.29, 0.717) is 18.7 Å². The maximum absolute atomic E-state index is 13.5. The highest BCUT2D eigenvalue weighted by Gasteiger charge is 2.30. The number of amides is 2. The van der Waals surface area contributed by atoms with Gasteiger partial charge in [0.2, 0.25) is 5.91 Å². The van der Waals surface area contributed by atoms with Crippen LogP contribution in [0.15, 0.2) is 56.6 Å². The van der Waals surface area contributed by atoms with Gasteiger partial charge in [-0.25, -0.2) is 5.43 Å². The van der Waals surface area contributed by atoms with Crippen molar-refractivity contribution in [2.45, 2.75) is 60.3 Å². The highest BCUT2D eigenvalue weighted by atomic mass is 16.4. The number of anilines is 1. The lowest BCUT2D eigenvalue weighted by atomic mass is 9.93. The van der Waals surface area contributed by atoms with Crippen molar-refractivity contribution in [1.29, 1.82) is 0 Å². The summed E-state index contributed by atoms with van der Waals surface area (Å²) in [4.78, 5) is 28.1. The van der Waals surface area contributed by atoms with E-state index in [1.807, 2.05) is 65.0 Å². The van der Waals surface area contributed by atoms with Gasteiger partial charge in [0.05, 0.1) is 18.4 Å². The minimum atomic E-state index is -0.221. The quantitative estimate of drug-likeness (QED) is 0.307. The van der Waals surface area contributed by atoms with Gasteiger partial charge >= 0.3 is 0 Å². The molecule has 1 N–H and O–H groups in total. The molecule has 0 atom stereocenters. The lowest BCUT2D eigenvalue weighted by Gasteiger charge is -2.20. The first-order chi connectivity index (χ1) is 18.3. The van der Waals surface area contributed by atoms with E-state index in [1.165, 1.54) is 0 Å². The van der Waals surface area contributed by atoms with Gasteiger partial charge in [0.1, 0.15) is 11.3 Å². The number of nitrogens with zero attached hydrogens (tertiary/aromatic N) is 2. The Hall–Kier alpha value is -4.13. The van der Waals surface area contributed by atoms with Crippen LogP contribution in [-0.2, 0) is 17.6 Å². The Morgan fingerprint density at radius 3 is 2.63 bits per heavy atom. The zero-order chi connectivity index (χ0) is 27.0. The van der Waals surface area contributed by atoms with Crippen molar-refractivity contribution >= 4 is 34.2 Å². The van der Waals surface area contributed by atoms with Crippen molar-refractivity contribution in [2.24, 2.45) is 5.10 Å². The molecule has 2 heterocycles. The maximum atomic E-state index is 13.5. The number of carbonyl (C=O) groups is 2. The van der Waals surface area contributed by atoms with Crippen LogP contribution >= 0.6 is 0 Å². The van der Waals surface area contributed by atoms with Crippen LogP contribution in [0.25, 0.3) is 11.0 Å². The standard InChI is InChI=1S/C31H33N3O4/c1-6-34(23-10-7-9-18(2)14-23)31(36)30-21(5)29-24(11-8-12-25(29)38-30)32-33-27(35)16-22-17-37-26-15-19(3)13-20(4)28(22)26/h7,9-10,13-15,17H,6,8,11-12,16H2,1-5H3,(H,33,35)/b32-24+. The summed E-state index contributed by atoms with van der Waals surface area (Å²) in [7, 11) is 0. The molecule has 7 heteroatoms. The molecule has 0 spiro atoms. The molecule has 0 saturated heterocycles. The lowest BCUT2D eigenvalue weighted by molar-refractivity contribution is -0.120. The summed E-state index contributed by atoms with van der Waals surface area (Å²) < 4.78 is 11.8. The summed E-state index contributed by atoms with van der Waals surface area (Å²) >= 11 is 0. The fraction of sp³-hybridized carbons (Fsp3) is 0.323. The molecule has 0 saturated carbocycles. The van der Waals surface area contributed by atoms with Crippen molar-refractivity contribution in [2.75, 3.05) is 11.4 Å². The van der Waals surface area contributed by atoms with Gasteiger partial charge in [-0.15, -0.1) is 0 Å². The van der Waals surface area contributed by atoms with Crippen LogP contribution in [-0.4, -0.2) is 24.1 Å². The number of benzene rings is 2. The summed E-state index contributed by atoms with van der Waals surface area (Å²) in [6.45, 7) is 10.4. The zero-order valence-corrected chi connectivity index (χ0v) is 22.6. The van der Waals surface area contributed by atoms with Crippen molar-refractivity contribution in [3.8, 4) is 0 Å². The minimum Gasteiger partial charge on any atom is -0.464 e. The van der Waals surface area contributed by atoms with Gasteiger partial charge in [0, 0.05) is 40.7 Å².